The molecular formula is C24H30F3N3O5. The van der Waals surface area contributed by atoms with E-state index in [0.29, 0.717) is 17.2 Å². The van der Waals surface area contributed by atoms with E-state index in [1.54, 1.807) is 6.07 Å². The van der Waals surface area contributed by atoms with Crippen molar-refractivity contribution >= 4 is 29.5 Å². The predicted molar refractivity (Wildman–Crippen MR) is 123 cm³/mol. The molecule has 0 spiro atoms. The number of aliphatic hydroxyl groups is 1. The lowest BCUT2D eigenvalue weighted by molar-refractivity contribution is -0.136. The third-order valence-corrected chi connectivity index (χ3v) is 7.11. The van der Waals surface area contributed by atoms with Crippen LogP contribution in [0.25, 0.3) is 10.9 Å². The van der Waals surface area contributed by atoms with Gasteiger partial charge in [-0.05, 0) is 62.7 Å². The maximum absolute atomic E-state index is 13.4. The minimum absolute atomic E-state index is 0.0161. The number of aromatic nitrogens is 1. The first-order valence-corrected chi connectivity index (χ1v) is 11.5. The number of hydrogen-bond donors (Lipinski definition) is 3. The highest BCUT2D eigenvalue weighted by atomic mass is 19.4. The fraction of sp³-hybridized carbons (Fsp3) is 0.542. The smallest absolute Gasteiger partial charge is 0.418 e. The summed E-state index contributed by atoms with van der Waals surface area (Å²) in [6.07, 6.45) is 0.911. The first-order chi connectivity index (χ1) is 16.7. The number of pyridine rings is 1. The monoisotopic (exact) mass is 497 g/mol. The summed E-state index contributed by atoms with van der Waals surface area (Å²) in [4.78, 5) is 25.4. The van der Waals surface area contributed by atoms with Crippen molar-refractivity contribution in [1.29, 1.82) is 0 Å². The van der Waals surface area contributed by atoms with Gasteiger partial charge in [-0.3, -0.25) is 19.5 Å². The summed E-state index contributed by atoms with van der Waals surface area (Å²) in [6.45, 7) is 3.25. The molecule has 0 radical (unpaired) electrons. The first-order valence-electron chi connectivity index (χ1n) is 11.5. The number of fused-ring (bicyclic) bond motifs is 2. The van der Waals surface area contributed by atoms with Gasteiger partial charge in [0.2, 0.25) is 0 Å². The summed E-state index contributed by atoms with van der Waals surface area (Å²) in [5.41, 5.74) is 0.156. The Bertz CT molecular complexity index is 994. The number of likely N-dealkylation sites (tertiary alicyclic amines) is 1. The highest BCUT2D eigenvalue weighted by molar-refractivity contribution is 5.93. The molecule has 3 aliphatic rings. The molecule has 2 aliphatic heterocycles. The van der Waals surface area contributed by atoms with Crippen LogP contribution in [0, 0.1) is 11.8 Å². The van der Waals surface area contributed by atoms with E-state index in [4.69, 9.17) is 19.8 Å². The molecule has 8 nitrogen and oxygen atoms in total. The van der Waals surface area contributed by atoms with Crippen molar-refractivity contribution in [3.05, 3.63) is 36.0 Å². The number of halogens is 3. The van der Waals surface area contributed by atoms with Crippen LogP contribution in [-0.2, 0) is 15.8 Å². The highest BCUT2D eigenvalue weighted by Crippen LogP contribution is 2.43. The molecule has 3 heterocycles. The predicted octanol–water partition coefficient (Wildman–Crippen LogP) is 3.33. The fourth-order valence-electron chi connectivity index (χ4n) is 5.74. The molecule has 0 amide bonds. The van der Waals surface area contributed by atoms with Crippen molar-refractivity contribution in [2.45, 2.75) is 44.0 Å². The zero-order valence-corrected chi connectivity index (χ0v) is 19.1. The molecule has 3 N–H and O–H groups in total. The molecule has 2 saturated heterocycles. The Kier molecular flexibility index (Phi) is 8.90. The lowest BCUT2D eigenvalue weighted by atomic mass is 9.77. The van der Waals surface area contributed by atoms with Gasteiger partial charge in [-0.25, -0.2) is 0 Å². The maximum Gasteiger partial charge on any atom is 0.418 e. The topological polar surface area (TPSA) is 114 Å². The fourth-order valence-corrected chi connectivity index (χ4v) is 5.74. The third kappa shape index (κ3) is 6.02. The van der Waals surface area contributed by atoms with E-state index in [1.165, 1.54) is 25.1 Å². The molecule has 2 aromatic rings. The molecule has 192 valence electrons. The molecule has 3 fully saturated rings. The van der Waals surface area contributed by atoms with Gasteiger partial charge in [0.15, 0.2) is 0 Å². The van der Waals surface area contributed by atoms with Crippen molar-refractivity contribution in [2.24, 2.45) is 11.8 Å². The summed E-state index contributed by atoms with van der Waals surface area (Å²) in [6, 6.07) is 6.35. The lowest BCUT2D eigenvalue weighted by Gasteiger charge is -2.40. The van der Waals surface area contributed by atoms with E-state index in [1.807, 2.05) is 6.07 Å². The van der Waals surface area contributed by atoms with E-state index < -0.39 is 11.7 Å². The third-order valence-electron chi connectivity index (χ3n) is 7.11. The molecular weight excluding hydrogens is 467 g/mol. The average molecular weight is 498 g/mol. The Morgan fingerprint density at radius 2 is 1.57 bits per heavy atom. The summed E-state index contributed by atoms with van der Waals surface area (Å²) in [5, 5.41) is 25.1. The number of carbonyl (C=O) groups is 2. The van der Waals surface area contributed by atoms with Crippen molar-refractivity contribution in [3.8, 4) is 0 Å². The van der Waals surface area contributed by atoms with Crippen LogP contribution in [0.3, 0.4) is 0 Å². The number of nitrogens with zero attached hydrogens (tertiary/aromatic N) is 3. The van der Waals surface area contributed by atoms with Crippen molar-refractivity contribution in [2.75, 3.05) is 31.1 Å². The normalized spacial score (nSPS) is 26.2. The van der Waals surface area contributed by atoms with Crippen LogP contribution in [0.2, 0.25) is 0 Å². The molecule has 0 unspecified atom stereocenters. The number of carboxylic acid groups (broad SMARTS) is 2. The number of rotatable bonds is 2. The second kappa shape index (κ2) is 11.7. The zero-order chi connectivity index (χ0) is 25.6. The van der Waals surface area contributed by atoms with Gasteiger partial charge in [0.25, 0.3) is 12.9 Å². The molecule has 4 atom stereocenters. The SMILES string of the molecule is O=CO.O=CO.O[C@@H]1C[C@H]2CN(c3ccnc4c(C(F)(F)F)cccc34)C[C@H]2C[C@H]1N1CCCC1. The molecule has 35 heavy (non-hydrogen) atoms. The van der Waals surface area contributed by atoms with E-state index in [-0.39, 0.29) is 30.6 Å². The molecule has 0 bridgehead atoms. The van der Waals surface area contributed by atoms with Gasteiger partial charge >= 0.3 is 6.18 Å². The number of aliphatic hydroxyl groups excluding tert-OH is 1. The number of para-hydroxylation sites is 1. The van der Waals surface area contributed by atoms with Crippen molar-refractivity contribution in [1.82, 2.24) is 9.88 Å². The summed E-state index contributed by atoms with van der Waals surface area (Å²) in [5.74, 6) is 0.857. The van der Waals surface area contributed by atoms with Gasteiger partial charge in [-0.2, -0.15) is 13.2 Å². The number of alkyl halides is 3. The quantitative estimate of drug-likeness (QED) is 0.542. The highest BCUT2D eigenvalue weighted by Gasteiger charge is 2.44. The first kappa shape index (κ1) is 26.7. The Labute approximate surface area is 201 Å². The van der Waals surface area contributed by atoms with Crippen LogP contribution in [0.5, 0.6) is 0 Å². The van der Waals surface area contributed by atoms with Crippen LogP contribution in [0.1, 0.15) is 31.2 Å². The largest absolute Gasteiger partial charge is 0.483 e. The van der Waals surface area contributed by atoms with E-state index in [9.17, 15) is 18.3 Å². The summed E-state index contributed by atoms with van der Waals surface area (Å²) >= 11 is 0. The van der Waals surface area contributed by atoms with E-state index in [0.717, 1.165) is 50.8 Å². The van der Waals surface area contributed by atoms with E-state index >= 15 is 0 Å². The van der Waals surface area contributed by atoms with Crippen molar-refractivity contribution in [3.63, 3.8) is 0 Å². The molecule has 1 aromatic carbocycles. The molecule has 1 aromatic heterocycles. The number of benzene rings is 1. The van der Waals surface area contributed by atoms with Gasteiger partial charge in [-0.15, -0.1) is 0 Å². The minimum Gasteiger partial charge on any atom is -0.483 e. The van der Waals surface area contributed by atoms with Crippen LogP contribution in [-0.4, -0.2) is 76.5 Å². The Hall–Kier alpha value is -2.92. The second-order valence-electron chi connectivity index (χ2n) is 9.01. The average Bonchev–Trinajstić information content (AvgIpc) is 3.48. The van der Waals surface area contributed by atoms with Gasteiger partial charge < -0.3 is 20.2 Å². The molecule has 11 heteroatoms. The Morgan fingerprint density at radius 3 is 2.17 bits per heavy atom. The van der Waals surface area contributed by atoms with Gasteiger partial charge in [-0.1, -0.05) is 12.1 Å². The second-order valence-corrected chi connectivity index (χ2v) is 9.01. The summed E-state index contributed by atoms with van der Waals surface area (Å²) in [7, 11) is 0. The summed E-state index contributed by atoms with van der Waals surface area (Å²) < 4.78 is 40.2. The maximum atomic E-state index is 13.4. The zero-order valence-electron chi connectivity index (χ0n) is 19.1. The van der Waals surface area contributed by atoms with Gasteiger partial charge in [0, 0.05) is 36.4 Å². The number of hydrogen-bond acceptors (Lipinski definition) is 6. The van der Waals surface area contributed by atoms with Crippen LogP contribution >= 0.6 is 0 Å². The van der Waals surface area contributed by atoms with Gasteiger partial charge in [0.05, 0.1) is 17.2 Å². The molecule has 1 saturated carbocycles. The van der Waals surface area contributed by atoms with Gasteiger partial charge in [0.1, 0.15) is 0 Å². The Balaban J connectivity index is 0.000000520. The molecule has 5 rings (SSSR count). The molecule has 1 aliphatic carbocycles. The minimum atomic E-state index is -4.42. The number of anilines is 1. The van der Waals surface area contributed by atoms with Crippen LogP contribution in [0.15, 0.2) is 30.5 Å². The lowest BCUT2D eigenvalue weighted by Crippen LogP contribution is -2.48. The van der Waals surface area contributed by atoms with E-state index in [2.05, 4.69) is 14.8 Å². The van der Waals surface area contributed by atoms with Crippen LogP contribution in [0.4, 0.5) is 18.9 Å². The van der Waals surface area contributed by atoms with Crippen LogP contribution < -0.4 is 4.90 Å². The standard InChI is InChI=1S/C22H26F3N3O.2CH2O2/c23-22(24,25)17-5-3-4-16-18(6-7-26-21(16)17)28-12-14-10-19(27-8-1-2-9-27)20(29)11-15(14)13-28;2*2-1-3/h3-7,14-15,19-20,29H,1-2,8-13H2;2*1H,(H,2,3)/t14-,15+,19-,20-;;/m1../s1. The van der Waals surface area contributed by atoms with Crippen molar-refractivity contribution < 1.29 is 38.1 Å². The Morgan fingerprint density at radius 1 is 0.971 bits per heavy atom.